The van der Waals surface area contributed by atoms with Crippen LogP contribution in [0, 0.1) is 0 Å². The zero-order valence-corrected chi connectivity index (χ0v) is 11.2. The third-order valence-electron chi connectivity index (χ3n) is 2.85. The second kappa shape index (κ2) is 5.68. The van der Waals surface area contributed by atoms with Crippen molar-refractivity contribution in [3.63, 3.8) is 0 Å². The molecule has 22 heavy (non-hydrogen) atoms. The van der Waals surface area contributed by atoms with E-state index in [2.05, 4.69) is 0 Å². The molecule has 1 aromatic heterocycles. The molecule has 2 aromatic rings. The molecule has 0 aliphatic carbocycles. The van der Waals surface area contributed by atoms with Crippen LogP contribution in [-0.2, 0) is 11.0 Å². The molecular formula is C13H11F3N2O4. The SMILES string of the molecule is C[C@@H](Oc1ccc2c(C(F)(F)F)cc(=O)oc2c1)C(=O)NN. The van der Waals surface area contributed by atoms with Gasteiger partial charge in [-0.3, -0.25) is 10.2 Å². The van der Waals surface area contributed by atoms with Crippen LogP contribution >= 0.6 is 0 Å². The molecule has 6 nitrogen and oxygen atoms in total. The number of nitrogens with two attached hydrogens (primary N) is 1. The number of ether oxygens (including phenoxy) is 1. The molecule has 0 spiro atoms. The minimum absolute atomic E-state index is 0.0612. The third kappa shape index (κ3) is 3.19. The normalized spacial score (nSPS) is 13.0. The number of carbonyl (C=O) groups excluding carboxylic acids is 1. The number of amides is 1. The van der Waals surface area contributed by atoms with E-state index in [1.807, 2.05) is 5.43 Å². The van der Waals surface area contributed by atoms with Gasteiger partial charge in [-0.25, -0.2) is 10.6 Å². The number of benzene rings is 1. The standard InChI is InChI=1S/C13H11F3N2O4/c1-6(12(20)18-17)21-7-2-3-8-9(13(14,15)16)5-11(19)22-10(8)4-7/h2-6H,17H2,1H3,(H,18,20)/t6-/m1/s1. The van der Waals surface area contributed by atoms with Crippen LogP contribution in [0.2, 0.25) is 0 Å². The van der Waals surface area contributed by atoms with Gasteiger partial charge >= 0.3 is 11.8 Å². The first-order valence-electron chi connectivity index (χ1n) is 6.04. The van der Waals surface area contributed by atoms with Crippen LogP contribution < -0.4 is 21.6 Å². The highest BCUT2D eigenvalue weighted by Gasteiger charge is 2.33. The van der Waals surface area contributed by atoms with Gasteiger partial charge in [0.2, 0.25) is 0 Å². The van der Waals surface area contributed by atoms with Gasteiger partial charge in [-0.15, -0.1) is 0 Å². The molecule has 0 unspecified atom stereocenters. The Labute approximate surface area is 121 Å². The van der Waals surface area contributed by atoms with E-state index in [1.54, 1.807) is 0 Å². The fourth-order valence-electron chi connectivity index (χ4n) is 1.83. The van der Waals surface area contributed by atoms with Crippen molar-refractivity contribution in [2.24, 2.45) is 5.84 Å². The lowest BCUT2D eigenvalue weighted by atomic mass is 10.1. The Bertz CT molecular complexity index is 770. The molecule has 0 bridgehead atoms. The fraction of sp³-hybridized carbons (Fsp3) is 0.231. The fourth-order valence-corrected chi connectivity index (χ4v) is 1.83. The maximum absolute atomic E-state index is 12.9. The van der Waals surface area contributed by atoms with Gasteiger partial charge in [-0.1, -0.05) is 0 Å². The van der Waals surface area contributed by atoms with E-state index in [9.17, 15) is 22.8 Å². The third-order valence-corrected chi connectivity index (χ3v) is 2.85. The minimum atomic E-state index is -4.69. The van der Waals surface area contributed by atoms with Crippen LogP contribution in [0.25, 0.3) is 11.0 Å². The molecule has 3 N–H and O–H groups in total. The van der Waals surface area contributed by atoms with Crippen molar-refractivity contribution in [3.8, 4) is 5.75 Å². The van der Waals surface area contributed by atoms with Gasteiger partial charge in [-0.05, 0) is 19.1 Å². The maximum atomic E-state index is 12.9. The number of hydrazine groups is 1. The van der Waals surface area contributed by atoms with Gasteiger partial charge in [0, 0.05) is 17.5 Å². The van der Waals surface area contributed by atoms with Gasteiger partial charge in [0.05, 0.1) is 5.56 Å². The summed E-state index contributed by atoms with van der Waals surface area (Å²) < 4.78 is 48.6. The van der Waals surface area contributed by atoms with Gasteiger partial charge in [0.1, 0.15) is 11.3 Å². The quantitative estimate of drug-likeness (QED) is 0.388. The lowest BCUT2D eigenvalue weighted by molar-refractivity contribution is -0.136. The van der Waals surface area contributed by atoms with E-state index in [0.29, 0.717) is 6.07 Å². The van der Waals surface area contributed by atoms with Crippen molar-refractivity contribution in [2.75, 3.05) is 0 Å². The molecular weight excluding hydrogens is 305 g/mol. The van der Waals surface area contributed by atoms with Crippen molar-refractivity contribution in [1.29, 1.82) is 0 Å². The first kappa shape index (κ1) is 15.8. The Morgan fingerprint density at radius 3 is 2.64 bits per heavy atom. The van der Waals surface area contributed by atoms with Crippen LogP contribution in [0.15, 0.2) is 33.5 Å². The number of carbonyl (C=O) groups is 1. The van der Waals surface area contributed by atoms with E-state index in [0.717, 1.165) is 12.1 Å². The van der Waals surface area contributed by atoms with Crippen molar-refractivity contribution >= 4 is 16.9 Å². The summed E-state index contributed by atoms with van der Waals surface area (Å²) in [6.07, 6.45) is -5.66. The van der Waals surface area contributed by atoms with Crippen molar-refractivity contribution in [2.45, 2.75) is 19.2 Å². The molecule has 118 valence electrons. The number of hydrogen-bond donors (Lipinski definition) is 2. The molecule has 9 heteroatoms. The van der Waals surface area contributed by atoms with E-state index in [4.69, 9.17) is 15.0 Å². The summed E-state index contributed by atoms with van der Waals surface area (Å²) in [5.41, 5.74) is -0.653. The van der Waals surface area contributed by atoms with E-state index in [-0.39, 0.29) is 16.7 Å². The predicted octanol–water partition coefficient (Wildman–Crippen LogP) is 1.57. The molecule has 0 saturated carbocycles. The molecule has 0 fully saturated rings. The molecule has 2 rings (SSSR count). The number of hydrogen-bond acceptors (Lipinski definition) is 5. The summed E-state index contributed by atoms with van der Waals surface area (Å²) in [5, 5.41) is -0.282. The number of alkyl halides is 3. The first-order valence-corrected chi connectivity index (χ1v) is 6.04. The topological polar surface area (TPSA) is 94.6 Å². The van der Waals surface area contributed by atoms with E-state index < -0.39 is 29.4 Å². The van der Waals surface area contributed by atoms with Crippen LogP contribution in [0.5, 0.6) is 5.75 Å². The van der Waals surface area contributed by atoms with Crippen molar-refractivity contribution in [3.05, 3.63) is 40.2 Å². The smallest absolute Gasteiger partial charge is 0.417 e. The Morgan fingerprint density at radius 2 is 2.05 bits per heavy atom. The summed E-state index contributed by atoms with van der Waals surface area (Å²) in [4.78, 5) is 22.5. The van der Waals surface area contributed by atoms with Gasteiger partial charge in [-0.2, -0.15) is 13.2 Å². The highest BCUT2D eigenvalue weighted by atomic mass is 19.4. The Kier molecular flexibility index (Phi) is 4.09. The van der Waals surface area contributed by atoms with Crippen LogP contribution in [0.4, 0.5) is 13.2 Å². The van der Waals surface area contributed by atoms with Crippen molar-refractivity contribution < 1.29 is 27.1 Å². The zero-order chi connectivity index (χ0) is 16.5. The highest BCUT2D eigenvalue weighted by molar-refractivity contribution is 5.83. The Balaban J connectivity index is 2.48. The molecule has 0 aliphatic heterocycles. The maximum Gasteiger partial charge on any atom is 0.417 e. The second-order valence-electron chi connectivity index (χ2n) is 4.40. The summed E-state index contributed by atoms with van der Waals surface area (Å²) in [5.74, 6) is 4.38. The summed E-state index contributed by atoms with van der Waals surface area (Å²) in [7, 11) is 0. The Morgan fingerprint density at radius 1 is 1.36 bits per heavy atom. The zero-order valence-electron chi connectivity index (χ0n) is 11.2. The average molecular weight is 316 g/mol. The van der Waals surface area contributed by atoms with Crippen LogP contribution in [0.1, 0.15) is 12.5 Å². The van der Waals surface area contributed by atoms with Crippen molar-refractivity contribution in [1.82, 2.24) is 5.43 Å². The van der Waals surface area contributed by atoms with E-state index >= 15 is 0 Å². The molecule has 0 radical (unpaired) electrons. The Hall–Kier alpha value is -2.55. The predicted molar refractivity (Wildman–Crippen MR) is 69.9 cm³/mol. The monoisotopic (exact) mass is 316 g/mol. The number of nitrogens with one attached hydrogen (secondary N) is 1. The number of halogens is 3. The van der Waals surface area contributed by atoms with Crippen LogP contribution in [0.3, 0.4) is 0 Å². The van der Waals surface area contributed by atoms with Crippen LogP contribution in [-0.4, -0.2) is 12.0 Å². The first-order chi connectivity index (χ1) is 10.2. The minimum Gasteiger partial charge on any atom is -0.481 e. The lowest BCUT2D eigenvalue weighted by Gasteiger charge is -2.14. The molecule has 1 aromatic carbocycles. The average Bonchev–Trinajstić information content (AvgIpc) is 2.44. The molecule has 0 saturated heterocycles. The summed E-state index contributed by atoms with van der Waals surface area (Å²) in [6, 6.07) is 3.82. The highest BCUT2D eigenvalue weighted by Crippen LogP contribution is 2.34. The van der Waals surface area contributed by atoms with Gasteiger partial charge in [0.25, 0.3) is 5.91 Å². The summed E-state index contributed by atoms with van der Waals surface area (Å²) in [6.45, 7) is 1.40. The molecule has 0 aliphatic rings. The number of fused-ring (bicyclic) bond motifs is 1. The number of rotatable bonds is 3. The summed E-state index contributed by atoms with van der Waals surface area (Å²) >= 11 is 0. The molecule has 1 atom stereocenters. The largest absolute Gasteiger partial charge is 0.481 e. The molecule has 1 amide bonds. The van der Waals surface area contributed by atoms with Gasteiger partial charge < -0.3 is 9.15 Å². The lowest BCUT2D eigenvalue weighted by Crippen LogP contribution is -2.40. The molecule has 1 heterocycles. The van der Waals surface area contributed by atoms with E-state index in [1.165, 1.54) is 13.0 Å². The second-order valence-corrected chi connectivity index (χ2v) is 4.40. The van der Waals surface area contributed by atoms with Gasteiger partial charge in [0.15, 0.2) is 6.10 Å².